The van der Waals surface area contributed by atoms with Crippen LogP contribution in [-0.2, 0) is 10.3 Å². The molecule has 0 bridgehead atoms. The fraction of sp³-hybridized carbons (Fsp3) is 0.261. The molecule has 6 rings (SSSR count). The number of rotatable bonds is 3. The van der Waals surface area contributed by atoms with E-state index in [2.05, 4.69) is 39.1 Å². The molecule has 8 nitrogen and oxygen atoms in total. The summed E-state index contributed by atoms with van der Waals surface area (Å²) in [4.78, 5) is 16.5. The second-order valence-corrected chi connectivity index (χ2v) is 7.80. The van der Waals surface area contributed by atoms with Gasteiger partial charge in [0.2, 0.25) is 0 Å². The Kier molecular flexibility index (Phi) is 4.07. The van der Waals surface area contributed by atoms with Crippen LogP contribution in [0.25, 0.3) is 28.2 Å². The predicted molar refractivity (Wildman–Crippen MR) is 116 cm³/mol. The molecule has 2 aliphatic heterocycles. The molecule has 1 atom stereocenters. The lowest BCUT2D eigenvalue weighted by molar-refractivity contribution is 0.0391. The van der Waals surface area contributed by atoms with Gasteiger partial charge >= 0.3 is 0 Å². The molecule has 1 unspecified atom stereocenters. The molecule has 0 amide bonds. The second-order valence-electron chi connectivity index (χ2n) is 7.80. The van der Waals surface area contributed by atoms with Crippen LogP contribution in [-0.4, -0.2) is 49.5 Å². The molecule has 0 N–H and O–H groups in total. The number of pyridine rings is 1. The number of hydrogen-bond acceptors (Lipinski definition) is 7. The van der Waals surface area contributed by atoms with Gasteiger partial charge in [-0.2, -0.15) is 0 Å². The summed E-state index contributed by atoms with van der Waals surface area (Å²) in [5, 5.41) is 8.63. The Morgan fingerprint density at radius 1 is 1.10 bits per heavy atom. The van der Waals surface area contributed by atoms with Gasteiger partial charge in [0.1, 0.15) is 17.6 Å². The van der Waals surface area contributed by atoms with E-state index in [1.54, 1.807) is 12.5 Å². The van der Waals surface area contributed by atoms with Gasteiger partial charge < -0.3 is 9.64 Å². The maximum atomic E-state index is 5.89. The topological polar surface area (TPSA) is 81.9 Å². The highest BCUT2D eigenvalue weighted by molar-refractivity contribution is 5.80. The van der Waals surface area contributed by atoms with E-state index in [1.165, 1.54) is 0 Å². The smallest absolute Gasteiger partial charge is 0.165 e. The zero-order valence-electron chi connectivity index (χ0n) is 17.1. The Morgan fingerprint density at radius 2 is 2.00 bits per heavy atom. The fourth-order valence-corrected chi connectivity index (χ4v) is 4.66. The van der Waals surface area contributed by atoms with Crippen molar-refractivity contribution in [2.75, 3.05) is 24.7 Å². The standard InChI is InChI=1S/C23H21N7O/c1-2-23-14-31-11-10-30(23)21-19(29-15-26-28-22(23)29)13-25-20(27-21)17-8-9-24-12-18(17)16-6-4-3-5-7-16/h3-9,12-13,15H,2,10-11,14H2,1H3. The van der Waals surface area contributed by atoms with E-state index in [9.17, 15) is 0 Å². The molecule has 0 radical (unpaired) electrons. The molecular formula is C23H21N7O. The van der Waals surface area contributed by atoms with Crippen molar-refractivity contribution in [3.63, 3.8) is 0 Å². The zero-order valence-corrected chi connectivity index (χ0v) is 17.1. The molecule has 0 saturated carbocycles. The number of fused-ring (bicyclic) bond motifs is 6. The first-order valence-corrected chi connectivity index (χ1v) is 10.4. The molecule has 5 heterocycles. The number of morpholine rings is 1. The average molecular weight is 411 g/mol. The van der Waals surface area contributed by atoms with Crippen LogP contribution in [0.15, 0.2) is 61.3 Å². The molecule has 0 aliphatic carbocycles. The van der Waals surface area contributed by atoms with Crippen LogP contribution in [0.3, 0.4) is 0 Å². The van der Waals surface area contributed by atoms with E-state index in [-0.39, 0.29) is 5.54 Å². The monoisotopic (exact) mass is 411 g/mol. The summed E-state index contributed by atoms with van der Waals surface area (Å²) in [5.74, 6) is 2.44. The maximum absolute atomic E-state index is 5.89. The van der Waals surface area contributed by atoms with Gasteiger partial charge in [0, 0.05) is 30.1 Å². The summed E-state index contributed by atoms with van der Waals surface area (Å²) in [6, 6.07) is 12.2. The van der Waals surface area contributed by atoms with E-state index in [1.807, 2.05) is 41.2 Å². The molecule has 3 aromatic heterocycles. The van der Waals surface area contributed by atoms with Crippen LogP contribution < -0.4 is 4.90 Å². The Labute approximate surface area is 179 Å². The molecular weight excluding hydrogens is 390 g/mol. The summed E-state index contributed by atoms with van der Waals surface area (Å²) in [6.45, 7) is 4.11. The van der Waals surface area contributed by atoms with Crippen molar-refractivity contribution >= 4 is 5.82 Å². The number of anilines is 1. The van der Waals surface area contributed by atoms with Crippen molar-refractivity contribution < 1.29 is 4.74 Å². The minimum atomic E-state index is -0.381. The van der Waals surface area contributed by atoms with Crippen molar-refractivity contribution in [1.82, 2.24) is 29.7 Å². The Hall–Kier alpha value is -3.65. The van der Waals surface area contributed by atoms with E-state index in [0.717, 1.165) is 47.0 Å². The van der Waals surface area contributed by atoms with Crippen molar-refractivity contribution in [2.24, 2.45) is 0 Å². The molecule has 4 aromatic rings. The lowest BCUT2D eigenvalue weighted by Crippen LogP contribution is -2.58. The maximum Gasteiger partial charge on any atom is 0.165 e. The number of hydrogen-bond donors (Lipinski definition) is 0. The molecule has 0 spiro atoms. The van der Waals surface area contributed by atoms with E-state index >= 15 is 0 Å². The minimum Gasteiger partial charge on any atom is -0.377 e. The average Bonchev–Trinajstić information content (AvgIpc) is 3.35. The molecule has 1 aromatic carbocycles. The Bertz CT molecular complexity index is 1260. The van der Waals surface area contributed by atoms with Gasteiger partial charge in [0.25, 0.3) is 0 Å². The van der Waals surface area contributed by atoms with E-state index < -0.39 is 0 Å². The first-order valence-electron chi connectivity index (χ1n) is 10.4. The quantitative estimate of drug-likeness (QED) is 0.512. The van der Waals surface area contributed by atoms with Crippen LogP contribution in [0.4, 0.5) is 5.82 Å². The third-order valence-corrected chi connectivity index (χ3v) is 6.28. The second kappa shape index (κ2) is 6.95. The largest absolute Gasteiger partial charge is 0.377 e. The first-order chi connectivity index (χ1) is 15.3. The van der Waals surface area contributed by atoms with Crippen LogP contribution in [0, 0.1) is 0 Å². The summed E-state index contributed by atoms with van der Waals surface area (Å²) in [7, 11) is 0. The molecule has 2 aliphatic rings. The van der Waals surface area contributed by atoms with Gasteiger partial charge in [-0.3, -0.25) is 9.55 Å². The highest BCUT2D eigenvalue weighted by Crippen LogP contribution is 2.44. The molecule has 154 valence electrons. The van der Waals surface area contributed by atoms with Crippen LogP contribution in [0.2, 0.25) is 0 Å². The Balaban J connectivity index is 1.55. The van der Waals surface area contributed by atoms with Crippen LogP contribution in [0.1, 0.15) is 19.2 Å². The Morgan fingerprint density at radius 3 is 2.87 bits per heavy atom. The van der Waals surface area contributed by atoms with Crippen molar-refractivity contribution in [3.8, 4) is 28.2 Å². The molecule has 31 heavy (non-hydrogen) atoms. The summed E-state index contributed by atoms with van der Waals surface area (Å²) in [5.41, 5.74) is 3.56. The predicted octanol–water partition coefficient (Wildman–Crippen LogP) is 3.24. The first kappa shape index (κ1) is 18.1. The van der Waals surface area contributed by atoms with Gasteiger partial charge in [0.15, 0.2) is 17.5 Å². The van der Waals surface area contributed by atoms with Gasteiger partial charge in [-0.1, -0.05) is 37.3 Å². The van der Waals surface area contributed by atoms with Crippen molar-refractivity contribution in [2.45, 2.75) is 18.9 Å². The van der Waals surface area contributed by atoms with Crippen LogP contribution >= 0.6 is 0 Å². The van der Waals surface area contributed by atoms with E-state index in [4.69, 9.17) is 14.7 Å². The van der Waals surface area contributed by atoms with Gasteiger partial charge in [-0.05, 0) is 18.1 Å². The highest BCUT2D eigenvalue weighted by atomic mass is 16.5. The number of benzene rings is 1. The minimum absolute atomic E-state index is 0.381. The normalized spacial score (nSPS) is 19.5. The third-order valence-electron chi connectivity index (χ3n) is 6.28. The summed E-state index contributed by atoms with van der Waals surface area (Å²) >= 11 is 0. The number of nitrogens with zero attached hydrogens (tertiary/aromatic N) is 7. The summed E-state index contributed by atoms with van der Waals surface area (Å²) < 4.78 is 7.89. The molecule has 1 fully saturated rings. The summed E-state index contributed by atoms with van der Waals surface area (Å²) in [6.07, 6.45) is 8.11. The number of ether oxygens (including phenoxy) is 1. The van der Waals surface area contributed by atoms with Crippen LogP contribution in [0.5, 0.6) is 0 Å². The SMILES string of the molecule is CCC12COCCN1c1nc(-c3ccncc3-c3ccccc3)ncc1-n1cnnc12. The molecule has 8 heteroatoms. The number of aromatic nitrogens is 6. The van der Waals surface area contributed by atoms with Crippen molar-refractivity contribution in [3.05, 3.63) is 67.1 Å². The molecule has 1 saturated heterocycles. The van der Waals surface area contributed by atoms with Gasteiger partial charge in [-0.15, -0.1) is 10.2 Å². The van der Waals surface area contributed by atoms with E-state index in [0.29, 0.717) is 19.0 Å². The lowest BCUT2D eigenvalue weighted by Gasteiger charge is -2.49. The van der Waals surface area contributed by atoms with Crippen molar-refractivity contribution in [1.29, 1.82) is 0 Å². The zero-order chi connectivity index (χ0) is 20.8. The van der Waals surface area contributed by atoms with Gasteiger partial charge in [-0.25, -0.2) is 9.97 Å². The third kappa shape index (κ3) is 2.61. The lowest BCUT2D eigenvalue weighted by atomic mass is 9.90. The fourth-order valence-electron chi connectivity index (χ4n) is 4.66. The van der Waals surface area contributed by atoms with Gasteiger partial charge in [0.05, 0.1) is 19.4 Å². The highest BCUT2D eigenvalue weighted by Gasteiger charge is 2.48.